The van der Waals surface area contributed by atoms with E-state index in [0.717, 1.165) is 58.8 Å². The van der Waals surface area contributed by atoms with Gasteiger partial charge in [-0.1, -0.05) is 0 Å². The lowest BCUT2D eigenvalue weighted by Gasteiger charge is -2.38. The van der Waals surface area contributed by atoms with Crippen LogP contribution in [-0.4, -0.2) is 93.7 Å². The molecule has 3 rings (SSSR count). The fourth-order valence-corrected chi connectivity index (χ4v) is 5.05. The van der Waals surface area contributed by atoms with Crippen molar-refractivity contribution in [2.45, 2.75) is 25.7 Å². The molecule has 0 aromatic heterocycles. The number of amides is 1. The molecule has 8 heteroatoms. The van der Waals surface area contributed by atoms with E-state index in [4.69, 9.17) is 4.74 Å². The van der Waals surface area contributed by atoms with Crippen LogP contribution in [0.15, 0.2) is 0 Å². The summed E-state index contributed by atoms with van der Waals surface area (Å²) in [6.45, 7) is 7.49. The first-order chi connectivity index (χ1) is 11.9. The number of carbonyl (C=O) groups excluding carboxylic acids is 1. The van der Waals surface area contributed by atoms with Crippen molar-refractivity contribution in [2.75, 3.05) is 65.3 Å². The molecular formula is C17H31N3O4S. The molecule has 3 aliphatic heterocycles. The van der Waals surface area contributed by atoms with Gasteiger partial charge in [0.25, 0.3) is 0 Å². The van der Waals surface area contributed by atoms with E-state index in [9.17, 15) is 13.2 Å². The predicted molar refractivity (Wildman–Crippen MR) is 95.7 cm³/mol. The fourth-order valence-electron chi connectivity index (χ4n) is 4.18. The van der Waals surface area contributed by atoms with Crippen LogP contribution in [0.4, 0.5) is 0 Å². The molecule has 0 aromatic carbocycles. The number of morpholine rings is 1. The zero-order valence-electron chi connectivity index (χ0n) is 15.2. The Bertz CT molecular complexity index is 546. The molecule has 3 heterocycles. The highest BCUT2D eigenvalue weighted by atomic mass is 32.2. The summed E-state index contributed by atoms with van der Waals surface area (Å²) in [5.41, 5.74) is 0. The maximum absolute atomic E-state index is 12.7. The number of rotatable bonds is 4. The monoisotopic (exact) mass is 373 g/mol. The van der Waals surface area contributed by atoms with Crippen LogP contribution in [0.25, 0.3) is 0 Å². The summed E-state index contributed by atoms with van der Waals surface area (Å²) in [5.74, 6) is 0.904. The Hall–Kier alpha value is -0.700. The molecular weight excluding hydrogens is 342 g/mol. The number of sulfonamides is 1. The van der Waals surface area contributed by atoms with E-state index >= 15 is 0 Å². The summed E-state index contributed by atoms with van der Waals surface area (Å²) in [4.78, 5) is 17.2. The van der Waals surface area contributed by atoms with Crippen molar-refractivity contribution < 1.29 is 17.9 Å². The van der Waals surface area contributed by atoms with Gasteiger partial charge >= 0.3 is 0 Å². The van der Waals surface area contributed by atoms with Gasteiger partial charge in [0.05, 0.1) is 19.5 Å². The van der Waals surface area contributed by atoms with E-state index in [2.05, 4.69) is 4.90 Å². The molecule has 25 heavy (non-hydrogen) atoms. The van der Waals surface area contributed by atoms with Crippen LogP contribution < -0.4 is 0 Å². The Morgan fingerprint density at radius 2 is 1.56 bits per heavy atom. The molecule has 0 aromatic rings. The van der Waals surface area contributed by atoms with E-state index in [1.165, 1.54) is 10.6 Å². The SMILES string of the molecule is CS(=O)(=O)N1CCC(C(=O)N2CCC(CN3CCOCC3)CC2)CC1. The van der Waals surface area contributed by atoms with Crippen LogP contribution in [0.5, 0.6) is 0 Å². The van der Waals surface area contributed by atoms with Gasteiger partial charge in [0, 0.05) is 51.7 Å². The van der Waals surface area contributed by atoms with E-state index in [1.54, 1.807) is 0 Å². The Kier molecular flexibility index (Phi) is 6.35. The van der Waals surface area contributed by atoms with Gasteiger partial charge in [-0.15, -0.1) is 0 Å². The standard InChI is InChI=1S/C17H31N3O4S/c1-25(22,23)20-8-4-16(5-9-20)17(21)19-6-2-15(3-7-19)14-18-10-12-24-13-11-18/h15-16H,2-14H2,1H3. The van der Waals surface area contributed by atoms with Gasteiger partial charge in [-0.05, 0) is 31.6 Å². The van der Waals surface area contributed by atoms with E-state index in [0.29, 0.717) is 31.8 Å². The number of nitrogens with zero attached hydrogens (tertiary/aromatic N) is 3. The first-order valence-electron chi connectivity index (χ1n) is 9.47. The largest absolute Gasteiger partial charge is 0.379 e. The highest BCUT2D eigenvalue weighted by molar-refractivity contribution is 7.88. The highest BCUT2D eigenvalue weighted by Gasteiger charge is 2.33. The number of carbonyl (C=O) groups is 1. The normalized spacial score (nSPS) is 26.0. The maximum Gasteiger partial charge on any atom is 0.225 e. The average molecular weight is 374 g/mol. The third-order valence-electron chi connectivity index (χ3n) is 5.82. The Morgan fingerprint density at radius 3 is 2.12 bits per heavy atom. The minimum atomic E-state index is -3.13. The second-order valence-corrected chi connectivity index (χ2v) is 9.60. The van der Waals surface area contributed by atoms with Crippen LogP contribution in [-0.2, 0) is 19.6 Å². The van der Waals surface area contributed by atoms with Gasteiger partial charge in [-0.3, -0.25) is 9.69 Å². The lowest BCUT2D eigenvalue weighted by molar-refractivity contribution is -0.138. The number of likely N-dealkylation sites (tertiary alicyclic amines) is 1. The van der Waals surface area contributed by atoms with Crippen LogP contribution in [0.1, 0.15) is 25.7 Å². The second-order valence-electron chi connectivity index (χ2n) is 7.62. The van der Waals surface area contributed by atoms with Crippen molar-refractivity contribution in [1.29, 1.82) is 0 Å². The summed E-state index contributed by atoms with van der Waals surface area (Å²) in [6.07, 6.45) is 4.70. The molecule has 3 fully saturated rings. The van der Waals surface area contributed by atoms with Gasteiger partial charge in [0.2, 0.25) is 15.9 Å². The molecule has 7 nitrogen and oxygen atoms in total. The molecule has 3 saturated heterocycles. The summed E-state index contributed by atoms with van der Waals surface area (Å²) in [7, 11) is -3.13. The average Bonchev–Trinajstić information content (AvgIpc) is 2.62. The number of hydrogen-bond donors (Lipinski definition) is 0. The van der Waals surface area contributed by atoms with Gasteiger partial charge in [0.1, 0.15) is 0 Å². The van der Waals surface area contributed by atoms with E-state index in [-0.39, 0.29) is 11.8 Å². The van der Waals surface area contributed by atoms with Crippen LogP contribution >= 0.6 is 0 Å². The second kappa shape index (κ2) is 8.33. The van der Waals surface area contributed by atoms with Crippen LogP contribution in [0.3, 0.4) is 0 Å². The molecule has 144 valence electrons. The summed E-state index contributed by atoms with van der Waals surface area (Å²) in [6, 6.07) is 0. The Labute approximate surface area is 151 Å². The minimum absolute atomic E-state index is 0.00575. The zero-order valence-corrected chi connectivity index (χ0v) is 16.0. The maximum atomic E-state index is 12.7. The molecule has 0 aliphatic carbocycles. The van der Waals surface area contributed by atoms with Crippen molar-refractivity contribution in [2.24, 2.45) is 11.8 Å². The van der Waals surface area contributed by atoms with Crippen molar-refractivity contribution >= 4 is 15.9 Å². The first kappa shape index (κ1) is 19.1. The molecule has 0 radical (unpaired) electrons. The third kappa shape index (κ3) is 5.15. The Balaban J connectivity index is 1.41. The first-order valence-corrected chi connectivity index (χ1v) is 11.3. The number of ether oxygens (including phenoxy) is 1. The van der Waals surface area contributed by atoms with Gasteiger partial charge in [-0.2, -0.15) is 0 Å². The van der Waals surface area contributed by atoms with Crippen molar-refractivity contribution in [3.63, 3.8) is 0 Å². The molecule has 1 amide bonds. The lowest BCUT2D eigenvalue weighted by Crippen LogP contribution is -2.48. The summed E-state index contributed by atoms with van der Waals surface area (Å²) >= 11 is 0. The van der Waals surface area contributed by atoms with Crippen LogP contribution in [0.2, 0.25) is 0 Å². The molecule has 0 bridgehead atoms. The highest BCUT2D eigenvalue weighted by Crippen LogP contribution is 2.25. The third-order valence-corrected chi connectivity index (χ3v) is 7.12. The summed E-state index contributed by atoms with van der Waals surface area (Å²) < 4.78 is 30.1. The van der Waals surface area contributed by atoms with Crippen molar-refractivity contribution in [1.82, 2.24) is 14.1 Å². The molecule has 0 unspecified atom stereocenters. The van der Waals surface area contributed by atoms with Crippen molar-refractivity contribution in [3.05, 3.63) is 0 Å². The van der Waals surface area contributed by atoms with Crippen LogP contribution in [0, 0.1) is 11.8 Å². The minimum Gasteiger partial charge on any atom is -0.379 e. The number of piperidine rings is 2. The van der Waals surface area contributed by atoms with Gasteiger partial charge in [0.15, 0.2) is 0 Å². The molecule has 0 spiro atoms. The van der Waals surface area contributed by atoms with E-state index in [1.807, 2.05) is 4.90 Å². The Morgan fingerprint density at radius 1 is 0.960 bits per heavy atom. The zero-order chi connectivity index (χ0) is 17.9. The van der Waals surface area contributed by atoms with Gasteiger partial charge < -0.3 is 9.64 Å². The molecule has 0 atom stereocenters. The molecule has 0 saturated carbocycles. The topological polar surface area (TPSA) is 70.2 Å². The van der Waals surface area contributed by atoms with E-state index < -0.39 is 10.0 Å². The lowest BCUT2D eigenvalue weighted by atomic mass is 9.92. The number of hydrogen-bond acceptors (Lipinski definition) is 5. The summed E-state index contributed by atoms with van der Waals surface area (Å²) in [5, 5.41) is 0. The molecule has 0 N–H and O–H groups in total. The smallest absolute Gasteiger partial charge is 0.225 e. The van der Waals surface area contributed by atoms with Gasteiger partial charge in [-0.25, -0.2) is 12.7 Å². The predicted octanol–water partition coefficient (Wildman–Crippen LogP) is 0.229. The fraction of sp³-hybridized carbons (Fsp3) is 0.941. The van der Waals surface area contributed by atoms with Crippen molar-refractivity contribution in [3.8, 4) is 0 Å². The quantitative estimate of drug-likeness (QED) is 0.706. The molecule has 3 aliphatic rings.